The summed E-state index contributed by atoms with van der Waals surface area (Å²) in [6, 6.07) is 0.840. The predicted molar refractivity (Wildman–Crippen MR) is 118 cm³/mol. The van der Waals surface area contributed by atoms with Crippen LogP contribution < -0.4 is 15.1 Å². The minimum absolute atomic E-state index is 0.0350. The summed E-state index contributed by atoms with van der Waals surface area (Å²) in [4.78, 5) is 27.9. The van der Waals surface area contributed by atoms with E-state index in [0.29, 0.717) is 31.8 Å². The lowest BCUT2D eigenvalue weighted by Crippen LogP contribution is -2.29. The van der Waals surface area contributed by atoms with E-state index >= 15 is 4.39 Å². The average Bonchev–Trinajstić information content (AvgIpc) is 3.47. The van der Waals surface area contributed by atoms with Gasteiger partial charge >= 0.3 is 5.97 Å². The number of sulfone groups is 1. The van der Waals surface area contributed by atoms with E-state index in [4.69, 9.17) is 9.47 Å². The molecule has 0 amide bonds. The van der Waals surface area contributed by atoms with Crippen molar-refractivity contribution in [3.05, 3.63) is 27.7 Å². The molecular formula is C22H27FN2O6S. The zero-order valence-corrected chi connectivity index (χ0v) is 19.4. The Hall–Kier alpha value is -2.62. The maximum Gasteiger partial charge on any atom is 0.345 e. The van der Waals surface area contributed by atoms with E-state index in [1.807, 2.05) is 4.90 Å². The van der Waals surface area contributed by atoms with Crippen molar-refractivity contribution in [2.24, 2.45) is 5.92 Å². The van der Waals surface area contributed by atoms with E-state index in [1.165, 1.54) is 11.7 Å². The molecule has 10 heteroatoms. The first kappa shape index (κ1) is 22.6. The SMILES string of the molecule is CCOC(=O)c1c(S(C)(=O)=O)n(C2CC2)c2c(OC)c(N3CC[C@H](C)C3)c(F)cc2c1=O. The van der Waals surface area contributed by atoms with E-state index in [0.717, 1.165) is 18.7 Å². The first-order chi connectivity index (χ1) is 15.1. The number of carbonyl (C=O) groups is 1. The Labute approximate surface area is 185 Å². The molecule has 1 saturated heterocycles. The molecule has 1 aromatic carbocycles. The van der Waals surface area contributed by atoms with Gasteiger partial charge in [-0.25, -0.2) is 17.6 Å². The van der Waals surface area contributed by atoms with Gasteiger partial charge in [0.2, 0.25) is 5.43 Å². The molecule has 0 spiro atoms. The summed E-state index contributed by atoms with van der Waals surface area (Å²) < 4.78 is 53.2. The summed E-state index contributed by atoms with van der Waals surface area (Å²) in [5, 5.41) is -0.501. The summed E-state index contributed by atoms with van der Waals surface area (Å²) in [6.07, 6.45) is 3.17. The number of hydrogen-bond donors (Lipinski definition) is 0. The lowest BCUT2D eigenvalue weighted by Gasteiger charge is -2.26. The quantitative estimate of drug-likeness (QED) is 0.604. The van der Waals surface area contributed by atoms with E-state index in [1.54, 1.807) is 6.92 Å². The van der Waals surface area contributed by atoms with Crippen molar-refractivity contribution >= 4 is 32.4 Å². The first-order valence-electron chi connectivity index (χ1n) is 10.7. The molecule has 0 radical (unpaired) electrons. The lowest BCUT2D eigenvalue weighted by atomic mass is 10.1. The molecule has 1 aromatic heterocycles. The van der Waals surface area contributed by atoms with Gasteiger partial charge in [0, 0.05) is 25.4 Å². The molecule has 2 fully saturated rings. The third-order valence-electron chi connectivity index (χ3n) is 6.01. The van der Waals surface area contributed by atoms with Crippen LogP contribution in [0.3, 0.4) is 0 Å². The number of methoxy groups -OCH3 is 1. The number of esters is 1. The topological polar surface area (TPSA) is 94.9 Å². The van der Waals surface area contributed by atoms with Crippen LogP contribution in [0.4, 0.5) is 10.1 Å². The van der Waals surface area contributed by atoms with Crippen molar-refractivity contribution < 1.29 is 27.1 Å². The van der Waals surface area contributed by atoms with Crippen LogP contribution in [0.2, 0.25) is 0 Å². The van der Waals surface area contributed by atoms with Crippen molar-refractivity contribution in [3.8, 4) is 5.75 Å². The van der Waals surface area contributed by atoms with Crippen LogP contribution in [0.1, 0.15) is 49.5 Å². The third-order valence-corrected chi connectivity index (χ3v) is 7.12. The minimum Gasteiger partial charge on any atom is -0.492 e. The fourth-order valence-corrected chi connectivity index (χ4v) is 5.67. The van der Waals surface area contributed by atoms with Gasteiger partial charge in [-0.05, 0) is 38.2 Å². The summed E-state index contributed by atoms with van der Waals surface area (Å²) in [7, 11) is -2.65. The largest absolute Gasteiger partial charge is 0.492 e. The Kier molecular flexibility index (Phi) is 5.68. The Morgan fingerprint density at radius 3 is 2.47 bits per heavy atom. The number of hydrogen-bond acceptors (Lipinski definition) is 7. The van der Waals surface area contributed by atoms with Crippen LogP contribution in [0, 0.1) is 11.7 Å². The number of fused-ring (bicyclic) bond motifs is 1. The maximum absolute atomic E-state index is 15.4. The minimum atomic E-state index is -4.02. The number of carbonyl (C=O) groups excluding carboxylic acids is 1. The number of ether oxygens (including phenoxy) is 2. The van der Waals surface area contributed by atoms with Crippen molar-refractivity contribution in [1.82, 2.24) is 4.57 Å². The van der Waals surface area contributed by atoms with Gasteiger partial charge in [0.15, 0.2) is 26.4 Å². The van der Waals surface area contributed by atoms with Gasteiger partial charge < -0.3 is 18.9 Å². The molecule has 2 heterocycles. The van der Waals surface area contributed by atoms with Crippen molar-refractivity contribution in [2.75, 3.05) is 38.0 Å². The molecule has 0 bridgehead atoms. The van der Waals surface area contributed by atoms with Gasteiger partial charge in [0.05, 0.1) is 24.6 Å². The zero-order chi connectivity index (χ0) is 23.4. The molecule has 2 aliphatic rings. The van der Waals surface area contributed by atoms with Crippen LogP contribution in [-0.4, -0.2) is 52.0 Å². The maximum atomic E-state index is 15.4. The van der Waals surface area contributed by atoms with E-state index < -0.39 is 37.6 Å². The molecule has 32 heavy (non-hydrogen) atoms. The third kappa shape index (κ3) is 3.64. The Morgan fingerprint density at radius 1 is 1.28 bits per heavy atom. The van der Waals surface area contributed by atoms with Gasteiger partial charge in [-0.3, -0.25) is 4.79 Å². The van der Waals surface area contributed by atoms with Gasteiger partial charge in [0.1, 0.15) is 11.3 Å². The molecule has 1 atom stereocenters. The van der Waals surface area contributed by atoms with Crippen molar-refractivity contribution in [3.63, 3.8) is 0 Å². The molecule has 1 aliphatic heterocycles. The Bertz CT molecular complexity index is 1270. The molecule has 4 rings (SSSR count). The lowest BCUT2D eigenvalue weighted by molar-refractivity contribution is 0.0518. The highest BCUT2D eigenvalue weighted by molar-refractivity contribution is 7.90. The highest BCUT2D eigenvalue weighted by atomic mass is 32.2. The van der Waals surface area contributed by atoms with Gasteiger partial charge in [-0.1, -0.05) is 6.92 Å². The zero-order valence-electron chi connectivity index (χ0n) is 18.6. The predicted octanol–water partition coefficient (Wildman–Crippen LogP) is 2.91. The molecule has 2 aromatic rings. The van der Waals surface area contributed by atoms with Crippen LogP contribution in [0.25, 0.3) is 10.9 Å². The number of pyridine rings is 1. The van der Waals surface area contributed by atoms with Crippen LogP contribution in [0.15, 0.2) is 15.9 Å². The van der Waals surface area contributed by atoms with Crippen molar-refractivity contribution in [2.45, 2.75) is 44.2 Å². The Morgan fingerprint density at radius 2 is 1.97 bits per heavy atom. The summed E-state index contributed by atoms with van der Waals surface area (Å²) in [5.74, 6) is -1.22. The first-order valence-corrected chi connectivity index (χ1v) is 12.6. The second-order valence-electron chi connectivity index (χ2n) is 8.58. The van der Waals surface area contributed by atoms with E-state index in [2.05, 4.69) is 6.92 Å². The fourth-order valence-electron chi connectivity index (χ4n) is 4.53. The second-order valence-corrected chi connectivity index (χ2v) is 10.5. The normalized spacial score (nSPS) is 18.9. The molecular weight excluding hydrogens is 439 g/mol. The van der Waals surface area contributed by atoms with E-state index in [-0.39, 0.29) is 35.0 Å². The number of aromatic nitrogens is 1. The Balaban J connectivity index is 2.19. The average molecular weight is 467 g/mol. The highest BCUT2D eigenvalue weighted by Gasteiger charge is 2.38. The summed E-state index contributed by atoms with van der Waals surface area (Å²) in [6.45, 7) is 4.83. The molecule has 0 unspecified atom stereocenters. The molecule has 1 aliphatic carbocycles. The number of halogens is 1. The number of benzene rings is 1. The second kappa shape index (κ2) is 8.06. The van der Waals surface area contributed by atoms with Gasteiger partial charge in [0.25, 0.3) is 0 Å². The van der Waals surface area contributed by atoms with Gasteiger partial charge in [-0.2, -0.15) is 0 Å². The summed E-state index contributed by atoms with van der Waals surface area (Å²) in [5.41, 5.74) is -1.06. The molecule has 8 nitrogen and oxygen atoms in total. The van der Waals surface area contributed by atoms with Crippen molar-refractivity contribution in [1.29, 1.82) is 0 Å². The van der Waals surface area contributed by atoms with Crippen LogP contribution in [-0.2, 0) is 14.6 Å². The molecule has 174 valence electrons. The summed E-state index contributed by atoms with van der Waals surface area (Å²) >= 11 is 0. The fraction of sp³-hybridized carbons (Fsp3) is 0.545. The van der Waals surface area contributed by atoms with Crippen LogP contribution >= 0.6 is 0 Å². The van der Waals surface area contributed by atoms with Crippen LogP contribution in [0.5, 0.6) is 5.75 Å². The van der Waals surface area contributed by atoms with Gasteiger partial charge in [-0.15, -0.1) is 0 Å². The monoisotopic (exact) mass is 466 g/mol. The number of rotatable bonds is 6. The molecule has 1 saturated carbocycles. The molecule has 0 N–H and O–H groups in total. The smallest absolute Gasteiger partial charge is 0.345 e. The number of nitrogens with zero attached hydrogens (tertiary/aromatic N) is 2. The van der Waals surface area contributed by atoms with E-state index in [9.17, 15) is 18.0 Å². The standard InChI is InChI=1S/C22H27FN2O6S/c1-5-31-22(27)16-19(26)14-10-15(23)18(24-9-8-12(2)11-24)20(30-3)17(14)25(13-6-7-13)21(16)32(4,28)29/h10,12-13H,5-9,11H2,1-4H3/t12-/m0/s1. The highest BCUT2D eigenvalue weighted by Crippen LogP contribution is 2.46. The number of anilines is 1.